The van der Waals surface area contributed by atoms with Gasteiger partial charge in [-0.2, -0.15) is 0 Å². The predicted octanol–water partition coefficient (Wildman–Crippen LogP) is 4.37. The molecule has 1 aromatic carbocycles. The second kappa shape index (κ2) is 6.29. The van der Waals surface area contributed by atoms with Crippen LogP contribution in [-0.2, 0) is 5.33 Å². The van der Waals surface area contributed by atoms with Crippen molar-refractivity contribution in [3.8, 4) is 0 Å². The van der Waals surface area contributed by atoms with Gasteiger partial charge in [0, 0.05) is 24.6 Å². The van der Waals surface area contributed by atoms with Crippen LogP contribution in [0.3, 0.4) is 0 Å². The molecule has 0 aliphatic rings. The summed E-state index contributed by atoms with van der Waals surface area (Å²) in [4.78, 5) is 2.36. The van der Waals surface area contributed by atoms with Gasteiger partial charge in [0.15, 0.2) is 0 Å². The lowest BCUT2D eigenvalue weighted by molar-refractivity contribution is 0.559. The molecule has 0 fully saturated rings. The molecule has 0 saturated carbocycles. The second-order valence-electron chi connectivity index (χ2n) is 4.65. The Bertz CT molecular complexity index is 336. The van der Waals surface area contributed by atoms with E-state index in [4.69, 9.17) is 0 Å². The summed E-state index contributed by atoms with van der Waals surface area (Å²) in [6.45, 7) is 7.87. The van der Waals surface area contributed by atoms with E-state index in [-0.39, 0.29) is 0 Å². The molecule has 2 heteroatoms. The Balaban J connectivity index is 2.79. The van der Waals surface area contributed by atoms with Crippen molar-refractivity contribution < 1.29 is 0 Å². The monoisotopic (exact) mass is 283 g/mol. The highest BCUT2D eigenvalue weighted by Gasteiger charge is 2.08. The topological polar surface area (TPSA) is 3.24 Å². The van der Waals surface area contributed by atoms with Gasteiger partial charge in [-0.15, -0.1) is 0 Å². The number of nitrogens with zero attached hydrogens (tertiary/aromatic N) is 1. The van der Waals surface area contributed by atoms with Gasteiger partial charge in [-0.05, 0) is 30.0 Å². The SMILES string of the molecule is CCC(C)CN(C)c1ccc(CBr)cc1C. The van der Waals surface area contributed by atoms with Crippen LogP contribution in [0.4, 0.5) is 5.69 Å². The molecule has 0 saturated heterocycles. The quantitative estimate of drug-likeness (QED) is 0.726. The van der Waals surface area contributed by atoms with E-state index in [0.717, 1.165) is 17.8 Å². The molecule has 0 N–H and O–H groups in total. The van der Waals surface area contributed by atoms with Gasteiger partial charge in [-0.1, -0.05) is 48.3 Å². The van der Waals surface area contributed by atoms with Crippen LogP contribution in [0.1, 0.15) is 31.4 Å². The number of alkyl halides is 1. The fourth-order valence-corrected chi connectivity index (χ4v) is 2.27. The summed E-state index contributed by atoms with van der Waals surface area (Å²) in [5.41, 5.74) is 4.06. The maximum Gasteiger partial charge on any atom is 0.0393 e. The molecular formula is C14H22BrN. The molecule has 1 atom stereocenters. The van der Waals surface area contributed by atoms with Gasteiger partial charge in [0.1, 0.15) is 0 Å². The lowest BCUT2D eigenvalue weighted by Crippen LogP contribution is -2.24. The average molecular weight is 284 g/mol. The Morgan fingerprint density at radius 3 is 2.56 bits per heavy atom. The van der Waals surface area contributed by atoms with E-state index in [1.54, 1.807) is 0 Å². The van der Waals surface area contributed by atoms with E-state index in [0.29, 0.717) is 0 Å². The van der Waals surface area contributed by atoms with Crippen LogP contribution in [0.25, 0.3) is 0 Å². The minimum absolute atomic E-state index is 0.750. The largest absolute Gasteiger partial charge is 0.374 e. The lowest BCUT2D eigenvalue weighted by atomic mass is 10.1. The zero-order chi connectivity index (χ0) is 12.1. The van der Waals surface area contributed by atoms with Crippen LogP contribution in [0.2, 0.25) is 0 Å². The number of hydrogen-bond acceptors (Lipinski definition) is 1. The Labute approximate surface area is 108 Å². The van der Waals surface area contributed by atoms with Crippen molar-refractivity contribution in [1.82, 2.24) is 0 Å². The third-order valence-electron chi connectivity index (χ3n) is 3.11. The lowest BCUT2D eigenvalue weighted by Gasteiger charge is -2.24. The highest BCUT2D eigenvalue weighted by atomic mass is 79.9. The predicted molar refractivity (Wildman–Crippen MR) is 76.5 cm³/mol. The highest BCUT2D eigenvalue weighted by Crippen LogP contribution is 2.22. The minimum atomic E-state index is 0.750. The number of benzene rings is 1. The van der Waals surface area contributed by atoms with Crippen LogP contribution >= 0.6 is 15.9 Å². The van der Waals surface area contributed by atoms with Crippen LogP contribution in [0.15, 0.2) is 18.2 Å². The van der Waals surface area contributed by atoms with Crippen LogP contribution < -0.4 is 4.90 Å². The molecule has 1 rings (SSSR count). The van der Waals surface area contributed by atoms with Gasteiger partial charge in [0.05, 0.1) is 0 Å². The van der Waals surface area contributed by atoms with Crippen LogP contribution in [0, 0.1) is 12.8 Å². The molecule has 0 amide bonds. The molecule has 1 nitrogen and oxygen atoms in total. The molecule has 0 spiro atoms. The maximum absolute atomic E-state index is 3.49. The van der Waals surface area contributed by atoms with Crippen molar-refractivity contribution in [2.75, 3.05) is 18.5 Å². The zero-order valence-corrected chi connectivity index (χ0v) is 12.3. The van der Waals surface area contributed by atoms with Gasteiger partial charge in [-0.3, -0.25) is 0 Å². The molecule has 1 aromatic rings. The van der Waals surface area contributed by atoms with Gasteiger partial charge >= 0.3 is 0 Å². The number of rotatable bonds is 5. The minimum Gasteiger partial charge on any atom is -0.374 e. The average Bonchev–Trinajstić information content (AvgIpc) is 2.28. The molecule has 0 bridgehead atoms. The third-order valence-corrected chi connectivity index (χ3v) is 3.76. The van der Waals surface area contributed by atoms with E-state index < -0.39 is 0 Å². The standard InChI is InChI=1S/C14H22BrN/c1-5-11(2)10-16(4)14-7-6-13(9-15)8-12(14)3/h6-8,11H,5,9-10H2,1-4H3. The molecule has 0 heterocycles. The van der Waals surface area contributed by atoms with E-state index >= 15 is 0 Å². The Morgan fingerprint density at radius 2 is 2.06 bits per heavy atom. The van der Waals surface area contributed by atoms with Crippen LogP contribution in [0.5, 0.6) is 0 Å². The van der Waals surface area contributed by atoms with E-state index in [9.17, 15) is 0 Å². The highest BCUT2D eigenvalue weighted by molar-refractivity contribution is 9.08. The molecule has 0 aliphatic heterocycles. The number of aryl methyl sites for hydroxylation is 1. The normalized spacial score (nSPS) is 12.6. The number of hydrogen-bond donors (Lipinski definition) is 0. The van der Waals surface area contributed by atoms with Gasteiger partial charge in [0.2, 0.25) is 0 Å². The van der Waals surface area contributed by atoms with Gasteiger partial charge < -0.3 is 4.90 Å². The first-order chi connectivity index (χ1) is 7.58. The molecule has 0 aliphatic carbocycles. The van der Waals surface area contributed by atoms with E-state index in [2.05, 4.69) is 66.8 Å². The summed E-state index contributed by atoms with van der Waals surface area (Å²) < 4.78 is 0. The Hall–Kier alpha value is -0.500. The molecular weight excluding hydrogens is 262 g/mol. The van der Waals surface area contributed by atoms with Crippen molar-refractivity contribution in [3.63, 3.8) is 0 Å². The fourth-order valence-electron chi connectivity index (χ4n) is 1.92. The molecule has 90 valence electrons. The number of halogens is 1. The van der Waals surface area contributed by atoms with Gasteiger partial charge in [0.25, 0.3) is 0 Å². The van der Waals surface area contributed by atoms with E-state index in [1.807, 2.05) is 0 Å². The molecule has 0 aromatic heterocycles. The third kappa shape index (κ3) is 3.51. The van der Waals surface area contributed by atoms with Crippen molar-refractivity contribution in [1.29, 1.82) is 0 Å². The second-order valence-corrected chi connectivity index (χ2v) is 5.21. The first-order valence-electron chi connectivity index (χ1n) is 5.95. The Morgan fingerprint density at radius 1 is 1.38 bits per heavy atom. The molecule has 1 unspecified atom stereocenters. The summed E-state index contributed by atoms with van der Waals surface area (Å²) in [5, 5.41) is 0.934. The van der Waals surface area contributed by atoms with Crippen molar-refractivity contribution in [2.24, 2.45) is 5.92 Å². The summed E-state index contributed by atoms with van der Waals surface area (Å²) in [5.74, 6) is 0.750. The Kier molecular flexibility index (Phi) is 5.33. The summed E-state index contributed by atoms with van der Waals surface area (Å²) in [6, 6.07) is 6.69. The first-order valence-corrected chi connectivity index (χ1v) is 7.07. The summed E-state index contributed by atoms with van der Waals surface area (Å²) in [7, 11) is 2.18. The fraction of sp³-hybridized carbons (Fsp3) is 0.571. The van der Waals surface area contributed by atoms with Crippen molar-refractivity contribution >= 4 is 21.6 Å². The molecule has 16 heavy (non-hydrogen) atoms. The zero-order valence-electron chi connectivity index (χ0n) is 10.8. The smallest absolute Gasteiger partial charge is 0.0393 e. The van der Waals surface area contributed by atoms with Crippen molar-refractivity contribution in [2.45, 2.75) is 32.5 Å². The van der Waals surface area contributed by atoms with Crippen molar-refractivity contribution in [3.05, 3.63) is 29.3 Å². The maximum atomic E-state index is 3.49. The first kappa shape index (κ1) is 13.6. The molecule has 0 radical (unpaired) electrons. The van der Waals surface area contributed by atoms with Crippen LogP contribution in [-0.4, -0.2) is 13.6 Å². The summed E-state index contributed by atoms with van der Waals surface area (Å²) in [6.07, 6.45) is 1.24. The summed E-state index contributed by atoms with van der Waals surface area (Å²) >= 11 is 3.49. The van der Waals surface area contributed by atoms with Gasteiger partial charge in [-0.25, -0.2) is 0 Å². The van der Waals surface area contributed by atoms with E-state index in [1.165, 1.54) is 23.2 Å². The number of anilines is 1.